The Morgan fingerprint density at radius 1 is 1.33 bits per heavy atom. The van der Waals surface area contributed by atoms with E-state index in [0.717, 1.165) is 12.8 Å². The molecule has 0 heterocycles. The molecule has 0 spiro atoms. The smallest absolute Gasteiger partial charge is 0.338 e. The zero-order valence-corrected chi connectivity index (χ0v) is 8.91. The minimum absolute atomic E-state index is 0.0619. The van der Waals surface area contributed by atoms with Crippen molar-refractivity contribution in [3.63, 3.8) is 0 Å². The first-order chi connectivity index (χ1) is 7.25. The van der Waals surface area contributed by atoms with E-state index in [4.69, 9.17) is 16.3 Å². The largest absolute Gasteiger partial charge is 0.455 e. The summed E-state index contributed by atoms with van der Waals surface area (Å²) in [6, 6.07) is 6.71. The normalized spacial score (nSPS) is 19.1. The van der Waals surface area contributed by atoms with Gasteiger partial charge in [0.15, 0.2) is 0 Å². The van der Waals surface area contributed by atoms with E-state index in [1.807, 2.05) is 12.2 Å². The van der Waals surface area contributed by atoms with Crippen molar-refractivity contribution in [2.24, 2.45) is 0 Å². The second-order valence-corrected chi connectivity index (χ2v) is 3.89. The van der Waals surface area contributed by atoms with E-state index in [1.165, 1.54) is 0 Å². The molecule has 15 heavy (non-hydrogen) atoms. The maximum Gasteiger partial charge on any atom is 0.338 e. The van der Waals surface area contributed by atoms with Gasteiger partial charge in [-0.2, -0.15) is 0 Å². The molecular weight excluding hydrogens is 212 g/mol. The first-order valence-corrected chi connectivity index (χ1v) is 5.27. The van der Waals surface area contributed by atoms with Crippen LogP contribution in [0.2, 0.25) is 5.02 Å². The van der Waals surface area contributed by atoms with Crippen molar-refractivity contribution in [2.75, 3.05) is 0 Å². The third-order valence-corrected chi connectivity index (χ3v) is 2.56. The molecule has 0 aromatic heterocycles. The zero-order valence-electron chi connectivity index (χ0n) is 8.15. The van der Waals surface area contributed by atoms with Crippen LogP contribution in [0.4, 0.5) is 0 Å². The fourth-order valence-corrected chi connectivity index (χ4v) is 1.62. The first-order valence-electron chi connectivity index (χ1n) is 4.89. The van der Waals surface area contributed by atoms with Crippen LogP contribution in [-0.2, 0) is 4.74 Å². The van der Waals surface area contributed by atoms with Gasteiger partial charge in [0.2, 0.25) is 0 Å². The Bertz CT molecular complexity index is 381. The van der Waals surface area contributed by atoms with Crippen LogP contribution in [0.15, 0.2) is 36.4 Å². The minimum atomic E-state index is -0.289. The van der Waals surface area contributed by atoms with Gasteiger partial charge in [-0.3, -0.25) is 0 Å². The number of benzene rings is 1. The molecule has 0 saturated carbocycles. The zero-order chi connectivity index (χ0) is 10.7. The van der Waals surface area contributed by atoms with Crippen LogP contribution in [0.1, 0.15) is 23.2 Å². The van der Waals surface area contributed by atoms with Gasteiger partial charge in [-0.1, -0.05) is 17.7 Å². The Labute approximate surface area is 93.5 Å². The van der Waals surface area contributed by atoms with E-state index in [2.05, 4.69) is 0 Å². The Hall–Kier alpha value is -1.28. The lowest BCUT2D eigenvalue weighted by Crippen LogP contribution is -2.13. The van der Waals surface area contributed by atoms with E-state index < -0.39 is 0 Å². The predicted octanol–water partition coefficient (Wildman–Crippen LogP) is 3.22. The monoisotopic (exact) mass is 222 g/mol. The van der Waals surface area contributed by atoms with E-state index in [0.29, 0.717) is 10.6 Å². The van der Waals surface area contributed by atoms with E-state index in [9.17, 15) is 4.79 Å². The molecule has 3 heteroatoms. The summed E-state index contributed by atoms with van der Waals surface area (Å²) in [5.74, 6) is -0.289. The standard InChI is InChI=1S/C12H11ClO2/c13-10-7-5-9(6-8-10)12(14)15-11-3-1-2-4-11/h1,3,5-8,11H,2,4H2. The molecule has 1 aromatic rings. The van der Waals surface area contributed by atoms with Crippen molar-refractivity contribution in [2.45, 2.75) is 18.9 Å². The molecule has 0 N–H and O–H groups in total. The fraction of sp³-hybridized carbons (Fsp3) is 0.250. The molecule has 0 fully saturated rings. The maximum atomic E-state index is 11.6. The highest BCUT2D eigenvalue weighted by molar-refractivity contribution is 6.30. The molecule has 2 nitrogen and oxygen atoms in total. The third kappa shape index (κ3) is 2.60. The van der Waals surface area contributed by atoms with Crippen LogP contribution in [0.5, 0.6) is 0 Å². The number of hydrogen-bond donors (Lipinski definition) is 0. The topological polar surface area (TPSA) is 26.3 Å². The van der Waals surface area contributed by atoms with Crippen LogP contribution in [0.25, 0.3) is 0 Å². The van der Waals surface area contributed by atoms with Gasteiger partial charge in [0.1, 0.15) is 6.10 Å². The number of allylic oxidation sites excluding steroid dienone is 1. The Morgan fingerprint density at radius 2 is 2.07 bits per heavy atom. The molecule has 2 rings (SSSR count). The van der Waals surface area contributed by atoms with Gasteiger partial charge in [-0.05, 0) is 43.2 Å². The van der Waals surface area contributed by atoms with Gasteiger partial charge in [0.05, 0.1) is 5.56 Å². The Morgan fingerprint density at radius 3 is 2.67 bits per heavy atom. The average molecular weight is 223 g/mol. The van der Waals surface area contributed by atoms with Gasteiger partial charge in [0.25, 0.3) is 0 Å². The van der Waals surface area contributed by atoms with Gasteiger partial charge in [-0.25, -0.2) is 4.79 Å². The molecule has 0 aliphatic heterocycles. The van der Waals surface area contributed by atoms with Crippen molar-refractivity contribution in [3.8, 4) is 0 Å². The van der Waals surface area contributed by atoms with Crippen molar-refractivity contribution >= 4 is 17.6 Å². The molecule has 1 unspecified atom stereocenters. The van der Waals surface area contributed by atoms with Crippen LogP contribution in [0, 0.1) is 0 Å². The number of carbonyl (C=O) groups excluding carboxylic acids is 1. The molecule has 0 amide bonds. The molecule has 0 radical (unpaired) electrons. The second-order valence-electron chi connectivity index (χ2n) is 3.46. The minimum Gasteiger partial charge on any atom is -0.455 e. The molecule has 1 aliphatic carbocycles. The third-order valence-electron chi connectivity index (χ3n) is 2.31. The van der Waals surface area contributed by atoms with Gasteiger partial charge in [-0.15, -0.1) is 0 Å². The summed E-state index contributed by atoms with van der Waals surface area (Å²) in [6.45, 7) is 0. The predicted molar refractivity (Wildman–Crippen MR) is 59.0 cm³/mol. The molecule has 1 aliphatic rings. The van der Waals surface area contributed by atoms with Gasteiger partial charge in [0, 0.05) is 5.02 Å². The highest BCUT2D eigenvalue weighted by atomic mass is 35.5. The molecule has 0 saturated heterocycles. The van der Waals surface area contributed by atoms with Crippen LogP contribution >= 0.6 is 11.6 Å². The summed E-state index contributed by atoms with van der Waals surface area (Å²) >= 11 is 5.72. The van der Waals surface area contributed by atoms with Crippen molar-refractivity contribution < 1.29 is 9.53 Å². The van der Waals surface area contributed by atoms with Gasteiger partial charge < -0.3 is 4.74 Å². The van der Waals surface area contributed by atoms with Crippen LogP contribution in [-0.4, -0.2) is 12.1 Å². The summed E-state index contributed by atoms with van der Waals surface area (Å²) in [5, 5.41) is 0.618. The number of esters is 1. The van der Waals surface area contributed by atoms with E-state index >= 15 is 0 Å². The summed E-state index contributed by atoms with van der Waals surface area (Å²) in [5.41, 5.74) is 0.541. The Kier molecular flexibility index (Phi) is 3.07. The van der Waals surface area contributed by atoms with Gasteiger partial charge >= 0.3 is 5.97 Å². The lowest BCUT2D eigenvalue weighted by molar-refractivity contribution is 0.0395. The van der Waals surface area contributed by atoms with Crippen LogP contribution < -0.4 is 0 Å². The number of hydrogen-bond acceptors (Lipinski definition) is 2. The molecular formula is C12H11ClO2. The highest BCUT2D eigenvalue weighted by Gasteiger charge is 2.15. The second kappa shape index (κ2) is 4.49. The average Bonchev–Trinajstić information content (AvgIpc) is 2.71. The highest BCUT2D eigenvalue weighted by Crippen LogP contribution is 2.16. The molecule has 78 valence electrons. The van der Waals surface area contributed by atoms with Crippen molar-refractivity contribution in [3.05, 3.63) is 47.0 Å². The summed E-state index contributed by atoms with van der Waals surface area (Å²) in [4.78, 5) is 11.6. The number of ether oxygens (including phenoxy) is 1. The lowest BCUT2D eigenvalue weighted by Gasteiger charge is -2.09. The van der Waals surface area contributed by atoms with Crippen molar-refractivity contribution in [1.29, 1.82) is 0 Å². The summed E-state index contributed by atoms with van der Waals surface area (Å²) < 4.78 is 5.27. The number of rotatable bonds is 2. The van der Waals surface area contributed by atoms with Crippen LogP contribution in [0.3, 0.4) is 0 Å². The number of carbonyl (C=O) groups is 1. The first kappa shape index (κ1) is 10.2. The lowest BCUT2D eigenvalue weighted by atomic mass is 10.2. The van der Waals surface area contributed by atoms with E-state index in [-0.39, 0.29) is 12.1 Å². The quantitative estimate of drug-likeness (QED) is 0.567. The molecule has 1 aromatic carbocycles. The fourth-order valence-electron chi connectivity index (χ4n) is 1.49. The van der Waals surface area contributed by atoms with Crippen molar-refractivity contribution in [1.82, 2.24) is 0 Å². The van der Waals surface area contributed by atoms with E-state index in [1.54, 1.807) is 24.3 Å². The molecule has 0 bridgehead atoms. The summed E-state index contributed by atoms with van der Waals surface area (Å²) in [6.07, 6.45) is 5.76. The summed E-state index contributed by atoms with van der Waals surface area (Å²) in [7, 11) is 0. The number of halogens is 1. The maximum absolute atomic E-state index is 11.6. The Balaban J connectivity index is 2.01. The molecule has 1 atom stereocenters. The SMILES string of the molecule is O=C(OC1C=CCC1)c1ccc(Cl)cc1.